The fourth-order valence-electron chi connectivity index (χ4n) is 2.32. The molecule has 0 atom stereocenters. The van der Waals surface area contributed by atoms with Crippen molar-refractivity contribution in [2.24, 2.45) is 5.92 Å². The Balaban J connectivity index is 1.85. The van der Waals surface area contributed by atoms with Crippen LogP contribution in [0.15, 0.2) is 18.2 Å². The van der Waals surface area contributed by atoms with Crippen molar-refractivity contribution in [2.75, 3.05) is 5.75 Å². The average molecular weight is 249 g/mol. The molecular weight excluding hydrogens is 233 g/mol. The SMILES string of the molecule is N#Cc1cc(F)cc(CSCC2CCCC2)c1. The predicted octanol–water partition coefficient (Wildman–Crippen LogP) is 4.12. The van der Waals surface area contributed by atoms with Crippen LogP contribution in [0.5, 0.6) is 0 Å². The van der Waals surface area contributed by atoms with Gasteiger partial charge in [-0.1, -0.05) is 12.8 Å². The summed E-state index contributed by atoms with van der Waals surface area (Å²) in [5.41, 5.74) is 1.34. The van der Waals surface area contributed by atoms with E-state index in [0.29, 0.717) is 5.56 Å². The van der Waals surface area contributed by atoms with Crippen LogP contribution < -0.4 is 0 Å². The molecule has 0 radical (unpaired) electrons. The summed E-state index contributed by atoms with van der Waals surface area (Å²) in [4.78, 5) is 0. The Hall–Kier alpha value is -1.01. The maximum atomic E-state index is 13.2. The van der Waals surface area contributed by atoms with E-state index in [1.54, 1.807) is 6.07 Å². The molecule has 0 amide bonds. The lowest BCUT2D eigenvalue weighted by Crippen LogP contribution is -1.97. The summed E-state index contributed by atoms with van der Waals surface area (Å²) in [6, 6.07) is 6.59. The molecule has 1 aromatic rings. The molecule has 90 valence electrons. The molecule has 0 aliphatic heterocycles. The predicted molar refractivity (Wildman–Crippen MR) is 69.2 cm³/mol. The van der Waals surface area contributed by atoms with Gasteiger partial charge in [0.15, 0.2) is 0 Å². The van der Waals surface area contributed by atoms with Crippen LogP contribution in [0.1, 0.15) is 36.8 Å². The lowest BCUT2D eigenvalue weighted by atomic mass is 10.1. The van der Waals surface area contributed by atoms with Crippen LogP contribution in [0, 0.1) is 23.1 Å². The van der Waals surface area contributed by atoms with Gasteiger partial charge in [-0.05, 0) is 48.3 Å². The van der Waals surface area contributed by atoms with E-state index in [1.807, 2.05) is 17.8 Å². The maximum Gasteiger partial charge on any atom is 0.124 e. The minimum atomic E-state index is -0.305. The highest BCUT2D eigenvalue weighted by Crippen LogP contribution is 2.29. The van der Waals surface area contributed by atoms with Gasteiger partial charge in [0.1, 0.15) is 5.82 Å². The minimum Gasteiger partial charge on any atom is -0.207 e. The molecule has 1 aliphatic rings. The summed E-state index contributed by atoms with van der Waals surface area (Å²) >= 11 is 1.86. The molecule has 0 N–H and O–H groups in total. The molecule has 1 saturated carbocycles. The van der Waals surface area contributed by atoms with Crippen molar-refractivity contribution in [3.05, 3.63) is 35.1 Å². The first kappa shape index (κ1) is 12.4. The van der Waals surface area contributed by atoms with Crippen molar-refractivity contribution in [1.82, 2.24) is 0 Å². The number of hydrogen-bond acceptors (Lipinski definition) is 2. The van der Waals surface area contributed by atoms with Crippen molar-refractivity contribution in [2.45, 2.75) is 31.4 Å². The molecule has 0 bridgehead atoms. The van der Waals surface area contributed by atoms with E-state index in [9.17, 15) is 4.39 Å². The van der Waals surface area contributed by atoms with E-state index < -0.39 is 0 Å². The molecule has 1 nitrogen and oxygen atoms in total. The Kier molecular flexibility index (Phi) is 4.44. The van der Waals surface area contributed by atoms with Gasteiger partial charge in [0.2, 0.25) is 0 Å². The van der Waals surface area contributed by atoms with Gasteiger partial charge in [-0.25, -0.2) is 4.39 Å². The van der Waals surface area contributed by atoms with Crippen LogP contribution in [0.4, 0.5) is 4.39 Å². The molecule has 17 heavy (non-hydrogen) atoms. The first-order valence-corrected chi connectivity index (χ1v) is 7.20. The van der Waals surface area contributed by atoms with E-state index in [4.69, 9.17) is 5.26 Å². The second-order valence-electron chi connectivity index (χ2n) is 4.63. The largest absolute Gasteiger partial charge is 0.207 e. The van der Waals surface area contributed by atoms with Gasteiger partial charge < -0.3 is 0 Å². The zero-order valence-electron chi connectivity index (χ0n) is 9.79. The Morgan fingerprint density at radius 3 is 2.76 bits per heavy atom. The van der Waals surface area contributed by atoms with Gasteiger partial charge in [0.25, 0.3) is 0 Å². The number of halogens is 1. The minimum absolute atomic E-state index is 0.305. The molecule has 0 saturated heterocycles. The normalized spacial score (nSPS) is 16.0. The third-order valence-electron chi connectivity index (χ3n) is 3.18. The standard InChI is InChI=1S/C14H16FNS/c15-14-6-12(8-16)5-13(7-14)10-17-9-11-3-1-2-4-11/h5-7,11H,1-4,9-10H2. The number of nitrogens with zero attached hydrogens (tertiary/aromatic N) is 1. The van der Waals surface area contributed by atoms with Gasteiger partial charge in [0.05, 0.1) is 11.6 Å². The molecule has 0 heterocycles. The van der Waals surface area contributed by atoms with Crippen molar-refractivity contribution in [3.63, 3.8) is 0 Å². The highest BCUT2D eigenvalue weighted by Gasteiger charge is 2.14. The number of rotatable bonds is 4. The van der Waals surface area contributed by atoms with E-state index in [2.05, 4.69) is 0 Å². The Morgan fingerprint density at radius 2 is 2.06 bits per heavy atom. The summed E-state index contributed by atoms with van der Waals surface area (Å²) in [6.45, 7) is 0. The smallest absolute Gasteiger partial charge is 0.124 e. The van der Waals surface area contributed by atoms with E-state index in [1.165, 1.54) is 43.6 Å². The van der Waals surface area contributed by atoms with Crippen molar-refractivity contribution >= 4 is 11.8 Å². The van der Waals surface area contributed by atoms with Crippen LogP contribution in [0.2, 0.25) is 0 Å². The molecular formula is C14H16FNS. The Bertz CT molecular complexity index is 419. The number of thioether (sulfide) groups is 1. The molecule has 1 aromatic carbocycles. The van der Waals surface area contributed by atoms with E-state index in [-0.39, 0.29) is 5.82 Å². The second kappa shape index (κ2) is 6.07. The highest BCUT2D eigenvalue weighted by molar-refractivity contribution is 7.98. The topological polar surface area (TPSA) is 23.8 Å². The molecule has 2 rings (SSSR count). The average Bonchev–Trinajstić information content (AvgIpc) is 2.81. The summed E-state index contributed by atoms with van der Waals surface area (Å²) in [5.74, 6) is 2.52. The van der Waals surface area contributed by atoms with Crippen LogP contribution in [0.3, 0.4) is 0 Å². The fraction of sp³-hybridized carbons (Fsp3) is 0.500. The van der Waals surface area contributed by atoms with Crippen LogP contribution in [-0.2, 0) is 5.75 Å². The molecule has 3 heteroatoms. The number of hydrogen-bond donors (Lipinski definition) is 0. The van der Waals surface area contributed by atoms with E-state index >= 15 is 0 Å². The third-order valence-corrected chi connectivity index (χ3v) is 4.43. The summed E-state index contributed by atoms with van der Waals surface area (Å²) in [7, 11) is 0. The van der Waals surface area contributed by atoms with Gasteiger partial charge in [0, 0.05) is 5.75 Å². The highest BCUT2D eigenvalue weighted by atomic mass is 32.2. The van der Waals surface area contributed by atoms with Crippen LogP contribution >= 0.6 is 11.8 Å². The quantitative estimate of drug-likeness (QED) is 0.801. The van der Waals surface area contributed by atoms with Gasteiger partial charge in [-0.3, -0.25) is 0 Å². The van der Waals surface area contributed by atoms with Crippen molar-refractivity contribution in [3.8, 4) is 6.07 Å². The first-order valence-electron chi connectivity index (χ1n) is 6.05. The third kappa shape index (κ3) is 3.74. The lowest BCUT2D eigenvalue weighted by molar-refractivity contribution is 0.622. The molecule has 0 unspecified atom stereocenters. The molecule has 0 aromatic heterocycles. The number of nitriles is 1. The van der Waals surface area contributed by atoms with Crippen LogP contribution in [0.25, 0.3) is 0 Å². The fourth-order valence-corrected chi connectivity index (χ4v) is 3.51. The monoisotopic (exact) mass is 249 g/mol. The Morgan fingerprint density at radius 1 is 1.29 bits per heavy atom. The zero-order valence-corrected chi connectivity index (χ0v) is 10.6. The van der Waals surface area contributed by atoms with Gasteiger partial charge in [-0.15, -0.1) is 0 Å². The molecule has 1 fully saturated rings. The maximum absolute atomic E-state index is 13.2. The lowest BCUT2D eigenvalue weighted by Gasteiger charge is -2.08. The second-order valence-corrected chi connectivity index (χ2v) is 5.66. The van der Waals surface area contributed by atoms with E-state index in [0.717, 1.165) is 17.2 Å². The molecule has 0 spiro atoms. The Labute approximate surface area is 106 Å². The zero-order chi connectivity index (χ0) is 12.1. The van der Waals surface area contributed by atoms with Crippen molar-refractivity contribution < 1.29 is 4.39 Å². The van der Waals surface area contributed by atoms with Crippen LogP contribution in [-0.4, -0.2) is 5.75 Å². The first-order chi connectivity index (χ1) is 8.28. The summed E-state index contributed by atoms with van der Waals surface area (Å²) in [6.07, 6.45) is 5.42. The summed E-state index contributed by atoms with van der Waals surface area (Å²) < 4.78 is 13.2. The van der Waals surface area contributed by atoms with Gasteiger partial charge in [-0.2, -0.15) is 17.0 Å². The van der Waals surface area contributed by atoms with Crippen molar-refractivity contribution in [1.29, 1.82) is 5.26 Å². The molecule has 1 aliphatic carbocycles. The number of benzene rings is 1. The summed E-state index contributed by atoms with van der Waals surface area (Å²) in [5, 5.41) is 8.76. The van der Waals surface area contributed by atoms with Gasteiger partial charge >= 0.3 is 0 Å².